The van der Waals surface area contributed by atoms with E-state index in [-0.39, 0.29) is 5.91 Å². The molecule has 1 aliphatic rings. The fourth-order valence-corrected chi connectivity index (χ4v) is 4.93. The first kappa shape index (κ1) is 20.2. The first-order chi connectivity index (χ1) is 12.9. The van der Waals surface area contributed by atoms with E-state index < -0.39 is 10.0 Å². The Morgan fingerprint density at radius 2 is 1.67 bits per heavy atom. The Labute approximate surface area is 173 Å². The lowest BCUT2D eigenvalue weighted by molar-refractivity contribution is 0.0950. The maximum Gasteiger partial charge on any atom is 0.252 e. The lowest BCUT2D eigenvalue weighted by atomic mass is 10.2. The van der Waals surface area contributed by atoms with Gasteiger partial charge in [-0.05, 0) is 59.5 Å². The van der Waals surface area contributed by atoms with Crippen LogP contribution in [-0.4, -0.2) is 56.8 Å². The van der Waals surface area contributed by atoms with Gasteiger partial charge >= 0.3 is 0 Å². The molecule has 1 heterocycles. The number of nitrogens with one attached hydrogen (secondary N) is 1. The minimum absolute atomic E-state index is 0.144. The maximum atomic E-state index is 12.7. The minimum atomic E-state index is -3.46. The second kappa shape index (κ2) is 8.68. The highest BCUT2D eigenvalue weighted by Crippen LogP contribution is 2.18. The molecule has 0 spiro atoms. The average Bonchev–Trinajstić information content (AvgIpc) is 2.67. The summed E-state index contributed by atoms with van der Waals surface area (Å²) in [6, 6.07) is 14.1. The van der Waals surface area contributed by atoms with Crippen molar-refractivity contribution in [1.29, 1.82) is 0 Å². The lowest BCUT2D eigenvalue weighted by Crippen LogP contribution is -2.47. The second-order valence-electron chi connectivity index (χ2n) is 6.51. The summed E-state index contributed by atoms with van der Waals surface area (Å²) < 4.78 is 27.9. The van der Waals surface area contributed by atoms with Crippen LogP contribution in [0.3, 0.4) is 0 Å². The number of hydrogen-bond acceptors (Lipinski definition) is 4. The number of hydrogen-bond donors (Lipinski definition) is 1. The topological polar surface area (TPSA) is 69.7 Å². The van der Waals surface area contributed by atoms with E-state index in [1.165, 1.54) is 4.31 Å². The van der Waals surface area contributed by atoms with Crippen LogP contribution in [0.1, 0.15) is 15.9 Å². The number of carbonyl (C=O) groups is 1. The maximum absolute atomic E-state index is 12.7. The number of rotatable bonds is 5. The van der Waals surface area contributed by atoms with Crippen molar-refractivity contribution in [3.63, 3.8) is 0 Å². The van der Waals surface area contributed by atoms with Gasteiger partial charge in [0.15, 0.2) is 0 Å². The van der Waals surface area contributed by atoms with Crippen molar-refractivity contribution in [3.05, 3.63) is 63.2 Å². The minimum Gasteiger partial charge on any atom is -0.348 e. The number of nitrogens with zero attached hydrogens (tertiary/aromatic N) is 2. The van der Waals surface area contributed by atoms with Gasteiger partial charge < -0.3 is 10.2 Å². The van der Waals surface area contributed by atoms with Gasteiger partial charge in [0, 0.05) is 36.3 Å². The van der Waals surface area contributed by atoms with Gasteiger partial charge in [0.1, 0.15) is 0 Å². The third kappa shape index (κ3) is 4.87. The molecule has 27 heavy (non-hydrogen) atoms. The molecule has 0 aliphatic carbocycles. The molecule has 2 aromatic rings. The van der Waals surface area contributed by atoms with Crippen LogP contribution in [0.5, 0.6) is 0 Å². The van der Waals surface area contributed by atoms with E-state index in [0.717, 1.165) is 22.2 Å². The van der Waals surface area contributed by atoms with Crippen LogP contribution in [0.4, 0.5) is 0 Å². The van der Waals surface area contributed by atoms with Crippen molar-refractivity contribution < 1.29 is 13.2 Å². The highest BCUT2D eigenvalue weighted by molar-refractivity contribution is 14.1. The van der Waals surface area contributed by atoms with Gasteiger partial charge in [0.05, 0.1) is 10.5 Å². The van der Waals surface area contributed by atoms with Crippen LogP contribution in [0.25, 0.3) is 0 Å². The molecule has 2 aromatic carbocycles. The van der Waals surface area contributed by atoms with E-state index >= 15 is 0 Å². The van der Waals surface area contributed by atoms with Gasteiger partial charge in [0.25, 0.3) is 5.91 Å². The van der Waals surface area contributed by atoms with E-state index in [1.807, 2.05) is 25.2 Å². The summed E-state index contributed by atoms with van der Waals surface area (Å²) in [5.41, 5.74) is 1.49. The molecular weight excluding hydrogens is 477 g/mol. The van der Waals surface area contributed by atoms with Crippen LogP contribution in [0.15, 0.2) is 53.4 Å². The van der Waals surface area contributed by atoms with Crippen LogP contribution in [-0.2, 0) is 16.6 Å². The van der Waals surface area contributed by atoms with Crippen molar-refractivity contribution in [1.82, 2.24) is 14.5 Å². The summed E-state index contributed by atoms with van der Waals surface area (Å²) in [6.45, 7) is 2.83. The molecule has 3 rings (SSSR count). The number of piperazine rings is 1. The van der Waals surface area contributed by atoms with E-state index in [1.54, 1.807) is 30.3 Å². The predicted molar refractivity (Wildman–Crippen MR) is 113 cm³/mol. The zero-order chi connectivity index (χ0) is 19.4. The molecule has 0 bridgehead atoms. The Morgan fingerprint density at radius 1 is 1.04 bits per heavy atom. The highest BCUT2D eigenvalue weighted by atomic mass is 127. The molecule has 1 aliphatic heterocycles. The summed E-state index contributed by atoms with van der Waals surface area (Å²) in [6.07, 6.45) is 0. The lowest BCUT2D eigenvalue weighted by Gasteiger charge is -2.31. The fourth-order valence-electron chi connectivity index (χ4n) is 2.88. The number of benzene rings is 2. The van der Waals surface area contributed by atoms with Crippen molar-refractivity contribution in [2.75, 3.05) is 33.2 Å². The molecule has 144 valence electrons. The number of amides is 1. The van der Waals surface area contributed by atoms with Crippen LogP contribution >= 0.6 is 22.6 Å². The van der Waals surface area contributed by atoms with Crippen molar-refractivity contribution >= 4 is 38.5 Å². The molecular formula is C19H22IN3O3S. The summed E-state index contributed by atoms with van der Waals surface area (Å²) in [7, 11) is -1.47. The first-order valence-corrected chi connectivity index (χ1v) is 11.2. The van der Waals surface area contributed by atoms with Gasteiger partial charge in [-0.15, -0.1) is 0 Å². The number of carbonyl (C=O) groups excluding carboxylic acids is 1. The number of halogens is 1. The van der Waals surface area contributed by atoms with Gasteiger partial charge in [-0.25, -0.2) is 8.42 Å². The molecule has 0 atom stereocenters. The monoisotopic (exact) mass is 499 g/mol. The van der Waals surface area contributed by atoms with E-state index in [9.17, 15) is 13.2 Å². The predicted octanol–water partition coefficient (Wildman–Crippen LogP) is 2.16. The second-order valence-corrected chi connectivity index (χ2v) is 9.61. The highest BCUT2D eigenvalue weighted by Gasteiger charge is 2.27. The molecule has 1 fully saturated rings. The average molecular weight is 499 g/mol. The Balaban J connectivity index is 1.63. The Kier molecular flexibility index (Phi) is 6.51. The quantitative estimate of drug-likeness (QED) is 0.641. The third-order valence-electron chi connectivity index (χ3n) is 4.59. The molecule has 0 saturated carbocycles. The van der Waals surface area contributed by atoms with Crippen molar-refractivity contribution in [2.45, 2.75) is 11.4 Å². The van der Waals surface area contributed by atoms with Crippen molar-refractivity contribution in [3.8, 4) is 0 Å². The van der Waals surface area contributed by atoms with Gasteiger partial charge in [-0.2, -0.15) is 4.31 Å². The molecule has 1 amide bonds. The molecule has 8 heteroatoms. The van der Waals surface area contributed by atoms with Crippen LogP contribution in [0.2, 0.25) is 0 Å². The van der Waals surface area contributed by atoms with Crippen LogP contribution in [0, 0.1) is 3.57 Å². The number of sulfonamides is 1. The van der Waals surface area contributed by atoms with E-state index in [4.69, 9.17) is 0 Å². The summed E-state index contributed by atoms with van der Waals surface area (Å²) in [5.74, 6) is -0.144. The van der Waals surface area contributed by atoms with Gasteiger partial charge in [0.2, 0.25) is 10.0 Å². The molecule has 1 N–H and O–H groups in total. The Bertz CT molecular complexity index is 908. The SMILES string of the molecule is CN1CCN(S(=O)(=O)c2ccc(CNC(=O)c3ccccc3I)cc2)CC1. The third-order valence-corrected chi connectivity index (χ3v) is 7.45. The summed E-state index contributed by atoms with van der Waals surface area (Å²) >= 11 is 2.13. The van der Waals surface area contributed by atoms with E-state index in [0.29, 0.717) is 30.1 Å². The van der Waals surface area contributed by atoms with Gasteiger partial charge in [-0.1, -0.05) is 24.3 Å². The van der Waals surface area contributed by atoms with Gasteiger partial charge in [-0.3, -0.25) is 4.79 Å². The molecule has 1 saturated heterocycles. The van der Waals surface area contributed by atoms with E-state index in [2.05, 4.69) is 32.8 Å². The molecule has 0 unspecified atom stereocenters. The molecule has 0 radical (unpaired) electrons. The number of likely N-dealkylation sites (N-methyl/N-ethyl adjacent to an activating group) is 1. The largest absolute Gasteiger partial charge is 0.348 e. The van der Waals surface area contributed by atoms with Crippen LogP contribution < -0.4 is 5.32 Å². The fraction of sp³-hybridized carbons (Fsp3) is 0.316. The summed E-state index contributed by atoms with van der Waals surface area (Å²) in [5, 5.41) is 2.87. The smallest absolute Gasteiger partial charge is 0.252 e. The Morgan fingerprint density at radius 3 is 2.30 bits per heavy atom. The molecule has 6 nitrogen and oxygen atoms in total. The first-order valence-electron chi connectivity index (χ1n) is 8.68. The Hall–Kier alpha value is -1.49. The van der Waals surface area contributed by atoms with Crippen molar-refractivity contribution in [2.24, 2.45) is 0 Å². The zero-order valence-electron chi connectivity index (χ0n) is 15.1. The molecule has 0 aromatic heterocycles. The summed E-state index contributed by atoms with van der Waals surface area (Å²) in [4.78, 5) is 14.7. The zero-order valence-corrected chi connectivity index (χ0v) is 18.0. The standard InChI is InChI=1S/C19H22IN3O3S/c1-22-10-12-23(13-11-22)27(25,26)16-8-6-15(7-9-16)14-21-19(24)17-4-2-3-5-18(17)20/h2-9H,10-14H2,1H3,(H,21,24). The normalized spacial score (nSPS) is 16.2.